The number of rotatable bonds is 4. The molecule has 166 valence electrons. The van der Waals surface area contributed by atoms with E-state index in [-0.39, 0.29) is 4.47 Å². The summed E-state index contributed by atoms with van der Waals surface area (Å²) in [7, 11) is 0. The van der Waals surface area contributed by atoms with E-state index in [1.807, 2.05) is 24.3 Å². The quantitative estimate of drug-likeness (QED) is 0.405. The maximum Gasteiger partial charge on any atom is 0.417 e. The minimum absolute atomic E-state index is 0.00755. The maximum atomic E-state index is 13.2. The van der Waals surface area contributed by atoms with Crippen molar-refractivity contribution in [1.29, 1.82) is 0 Å². The van der Waals surface area contributed by atoms with E-state index in [0.29, 0.717) is 17.9 Å². The second-order valence-corrected chi connectivity index (χ2v) is 8.44. The Labute approximate surface area is 189 Å². The Morgan fingerprint density at radius 1 is 1.03 bits per heavy atom. The van der Waals surface area contributed by atoms with Gasteiger partial charge in [0.15, 0.2) is 11.4 Å². The third kappa shape index (κ3) is 4.09. The zero-order valence-electron chi connectivity index (χ0n) is 16.8. The normalized spacial score (nSPS) is 15.6. The van der Waals surface area contributed by atoms with Gasteiger partial charge in [0.25, 0.3) is 0 Å². The van der Waals surface area contributed by atoms with Crippen molar-refractivity contribution < 1.29 is 17.7 Å². The fraction of sp³-hybridized carbons (Fsp3) is 0.286. The number of aromatic nitrogens is 4. The summed E-state index contributed by atoms with van der Waals surface area (Å²) in [5.74, 6) is 0.849. The smallest absolute Gasteiger partial charge is 0.354 e. The molecule has 11 heteroatoms. The van der Waals surface area contributed by atoms with Crippen LogP contribution in [0.3, 0.4) is 0 Å². The second-order valence-electron chi connectivity index (χ2n) is 7.58. The lowest BCUT2D eigenvalue weighted by molar-refractivity contribution is -0.138. The molecule has 0 aliphatic carbocycles. The molecule has 2 aromatic heterocycles. The SMILES string of the molecule is FC(F)(F)c1cc(-n2cc(CN3CCN(c4noc5ccccc45)CC3)nn2)ccc1Br. The molecule has 5 rings (SSSR count). The van der Waals surface area contributed by atoms with Gasteiger partial charge >= 0.3 is 6.18 Å². The number of hydrogen-bond acceptors (Lipinski definition) is 6. The number of alkyl halides is 3. The molecule has 1 aliphatic heterocycles. The van der Waals surface area contributed by atoms with Crippen molar-refractivity contribution in [3.8, 4) is 5.69 Å². The van der Waals surface area contributed by atoms with Gasteiger partial charge in [0, 0.05) is 37.2 Å². The van der Waals surface area contributed by atoms with E-state index in [0.717, 1.165) is 49.0 Å². The van der Waals surface area contributed by atoms with Crippen molar-refractivity contribution in [3.63, 3.8) is 0 Å². The number of para-hydroxylation sites is 1. The molecule has 0 N–H and O–H groups in total. The Morgan fingerprint density at radius 3 is 2.59 bits per heavy atom. The summed E-state index contributed by atoms with van der Waals surface area (Å²) < 4.78 is 46.3. The first kappa shape index (κ1) is 21.0. The maximum absolute atomic E-state index is 13.2. The summed E-state index contributed by atoms with van der Waals surface area (Å²) in [6, 6.07) is 11.8. The largest absolute Gasteiger partial charge is 0.417 e. The Bertz CT molecular complexity index is 1250. The highest BCUT2D eigenvalue weighted by atomic mass is 79.9. The van der Waals surface area contributed by atoms with Crippen molar-refractivity contribution in [1.82, 2.24) is 25.1 Å². The van der Waals surface area contributed by atoms with Crippen molar-refractivity contribution >= 4 is 32.7 Å². The first-order valence-corrected chi connectivity index (χ1v) is 10.8. The highest BCUT2D eigenvalue weighted by molar-refractivity contribution is 9.10. The van der Waals surface area contributed by atoms with Gasteiger partial charge in [-0.15, -0.1) is 5.10 Å². The van der Waals surface area contributed by atoms with Crippen LogP contribution in [0.5, 0.6) is 0 Å². The summed E-state index contributed by atoms with van der Waals surface area (Å²) in [6.07, 6.45) is -2.78. The molecule has 7 nitrogen and oxygen atoms in total. The molecule has 0 unspecified atom stereocenters. The van der Waals surface area contributed by atoms with Crippen LogP contribution in [0.25, 0.3) is 16.7 Å². The van der Waals surface area contributed by atoms with E-state index in [9.17, 15) is 13.2 Å². The number of halogens is 4. The number of benzene rings is 2. The molecule has 1 saturated heterocycles. The molecule has 0 bridgehead atoms. The first-order chi connectivity index (χ1) is 15.4. The number of nitrogens with zero attached hydrogens (tertiary/aromatic N) is 6. The van der Waals surface area contributed by atoms with Gasteiger partial charge in [-0.2, -0.15) is 13.2 Å². The third-order valence-electron chi connectivity index (χ3n) is 5.48. The van der Waals surface area contributed by atoms with Crippen LogP contribution in [0, 0.1) is 0 Å². The standard InChI is InChI=1S/C21H18BrF3N6O/c22-18-6-5-15(11-17(18)21(23,24)25)31-13-14(26-28-31)12-29-7-9-30(10-8-29)20-16-3-1-2-4-19(16)32-27-20/h1-6,11,13H,7-10,12H2. The fourth-order valence-electron chi connectivity index (χ4n) is 3.82. The molecule has 0 atom stereocenters. The highest BCUT2D eigenvalue weighted by Crippen LogP contribution is 2.36. The van der Waals surface area contributed by atoms with Gasteiger partial charge < -0.3 is 9.42 Å². The van der Waals surface area contributed by atoms with E-state index in [1.165, 1.54) is 10.7 Å². The Morgan fingerprint density at radius 2 is 1.81 bits per heavy atom. The molecule has 0 amide bonds. The van der Waals surface area contributed by atoms with E-state index in [1.54, 1.807) is 12.3 Å². The van der Waals surface area contributed by atoms with Gasteiger partial charge in [0.1, 0.15) is 0 Å². The van der Waals surface area contributed by atoms with Crippen molar-refractivity contribution in [2.24, 2.45) is 0 Å². The van der Waals surface area contributed by atoms with Crippen molar-refractivity contribution in [2.45, 2.75) is 12.7 Å². The number of hydrogen-bond donors (Lipinski definition) is 0. The predicted molar refractivity (Wildman–Crippen MR) is 116 cm³/mol. The lowest BCUT2D eigenvalue weighted by atomic mass is 10.2. The molecule has 0 saturated carbocycles. The van der Waals surface area contributed by atoms with Gasteiger partial charge in [-0.3, -0.25) is 4.90 Å². The zero-order valence-corrected chi connectivity index (χ0v) is 18.3. The Kier molecular flexibility index (Phi) is 5.38. The van der Waals surface area contributed by atoms with Crippen LogP contribution in [-0.4, -0.2) is 51.2 Å². The van der Waals surface area contributed by atoms with Crippen LogP contribution in [0.2, 0.25) is 0 Å². The molecule has 3 heterocycles. The monoisotopic (exact) mass is 506 g/mol. The average molecular weight is 507 g/mol. The Balaban J connectivity index is 1.24. The van der Waals surface area contributed by atoms with Crippen LogP contribution in [0.1, 0.15) is 11.3 Å². The van der Waals surface area contributed by atoms with Gasteiger partial charge in [0.2, 0.25) is 0 Å². The van der Waals surface area contributed by atoms with Gasteiger partial charge in [0.05, 0.1) is 28.5 Å². The van der Waals surface area contributed by atoms with Crippen molar-refractivity contribution in [3.05, 3.63) is 64.4 Å². The molecule has 0 spiro atoms. The minimum Gasteiger partial charge on any atom is -0.354 e. The summed E-state index contributed by atoms with van der Waals surface area (Å²) >= 11 is 2.96. The second kappa shape index (κ2) is 8.21. The van der Waals surface area contributed by atoms with Crippen LogP contribution < -0.4 is 4.90 Å². The van der Waals surface area contributed by atoms with Crippen LogP contribution in [0.15, 0.2) is 57.7 Å². The molecular weight excluding hydrogens is 489 g/mol. The van der Waals surface area contributed by atoms with E-state index >= 15 is 0 Å². The summed E-state index contributed by atoms with van der Waals surface area (Å²) in [5, 5.41) is 13.4. The molecule has 1 fully saturated rings. The van der Waals surface area contributed by atoms with Gasteiger partial charge in [-0.25, -0.2) is 4.68 Å². The number of anilines is 1. The summed E-state index contributed by atoms with van der Waals surface area (Å²) in [4.78, 5) is 4.43. The van der Waals surface area contributed by atoms with Crippen LogP contribution in [-0.2, 0) is 12.7 Å². The number of fused-ring (bicyclic) bond motifs is 1. The van der Waals surface area contributed by atoms with E-state index < -0.39 is 11.7 Å². The van der Waals surface area contributed by atoms with E-state index in [2.05, 4.69) is 41.2 Å². The summed E-state index contributed by atoms with van der Waals surface area (Å²) in [6.45, 7) is 3.73. The predicted octanol–water partition coefficient (Wildman–Crippen LogP) is 4.51. The molecule has 1 aliphatic rings. The first-order valence-electron chi connectivity index (χ1n) is 9.98. The highest BCUT2D eigenvalue weighted by Gasteiger charge is 2.33. The lowest BCUT2D eigenvalue weighted by Crippen LogP contribution is -2.46. The molecular formula is C21H18BrF3N6O. The molecule has 2 aromatic carbocycles. The van der Waals surface area contributed by atoms with E-state index in [4.69, 9.17) is 4.52 Å². The Hall–Kier alpha value is -2.92. The molecule has 32 heavy (non-hydrogen) atoms. The van der Waals surface area contributed by atoms with Crippen molar-refractivity contribution in [2.75, 3.05) is 31.1 Å². The van der Waals surface area contributed by atoms with Gasteiger partial charge in [-0.05, 0) is 30.3 Å². The molecule has 4 aromatic rings. The third-order valence-corrected chi connectivity index (χ3v) is 6.17. The lowest BCUT2D eigenvalue weighted by Gasteiger charge is -2.34. The number of piperazine rings is 1. The molecule has 0 radical (unpaired) electrons. The average Bonchev–Trinajstić information content (AvgIpc) is 3.41. The van der Waals surface area contributed by atoms with Gasteiger partial charge in [-0.1, -0.05) is 38.4 Å². The van der Waals surface area contributed by atoms with Crippen LogP contribution in [0.4, 0.5) is 19.0 Å². The topological polar surface area (TPSA) is 63.2 Å². The van der Waals surface area contributed by atoms with Crippen LogP contribution >= 0.6 is 15.9 Å². The fourth-order valence-corrected chi connectivity index (χ4v) is 4.29. The minimum atomic E-state index is -4.45. The zero-order chi connectivity index (χ0) is 22.3. The summed E-state index contributed by atoms with van der Waals surface area (Å²) in [5.41, 5.74) is 1.02.